The number of hydrogen-bond donors (Lipinski definition) is 6. The van der Waals surface area contributed by atoms with E-state index in [2.05, 4.69) is 30.9 Å². The van der Waals surface area contributed by atoms with Crippen LogP contribution in [0.25, 0.3) is 51.7 Å². The van der Waals surface area contributed by atoms with Crippen LogP contribution in [0.15, 0.2) is 158 Å². The van der Waals surface area contributed by atoms with Gasteiger partial charge in [-0.25, -0.2) is 28.7 Å². The van der Waals surface area contributed by atoms with Crippen molar-refractivity contribution in [2.45, 2.75) is 59.7 Å². The van der Waals surface area contributed by atoms with Crippen LogP contribution in [0.2, 0.25) is 0 Å². The van der Waals surface area contributed by atoms with Crippen molar-refractivity contribution in [3.8, 4) is 51.7 Å². The Kier molecular flexibility index (Phi) is 26.3. The van der Waals surface area contributed by atoms with Crippen LogP contribution >= 0.6 is 0 Å². The summed E-state index contributed by atoms with van der Waals surface area (Å²) >= 11 is 0. The minimum atomic E-state index is -1.14. The highest BCUT2D eigenvalue weighted by molar-refractivity contribution is 6.10. The largest absolute Gasteiger partial charge is 0.493 e. The Morgan fingerprint density at radius 1 is 0.414 bits per heavy atom. The van der Waals surface area contributed by atoms with Gasteiger partial charge in [-0.05, 0) is 197 Å². The Balaban J connectivity index is 0.000000177. The predicted molar refractivity (Wildman–Crippen MR) is 398 cm³/mol. The molecule has 0 spiro atoms. The number of amides is 3. The summed E-state index contributed by atoms with van der Waals surface area (Å²) in [7, 11) is 8.59. The molecule has 12 rings (SSSR count). The Hall–Kier alpha value is -13.8. The molecule has 3 aliphatic rings. The van der Waals surface area contributed by atoms with Gasteiger partial charge in [0.2, 0.25) is 46.9 Å². The third kappa shape index (κ3) is 19.7. The van der Waals surface area contributed by atoms with Crippen LogP contribution in [-0.2, 0) is 48.4 Å². The number of nitrogens with zero attached hydrogens (tertiary/aromatic N) is 3. The van der Waals surface area contributed by atoms with Gasteiger partial charge in [0.25, 0.3) is 0 Å². The van der Waals surface area contributed by atoms with Crippen LogP contribution in [-0.4, -0.2) is 128 Å². The van der Waals surface area contributed by atoms with Gasteiger partial charge >= 0.3 is 17.9 Å². The Bertz CT molecular complexity index is 4610. The van der Waals surface area contributed by atoms with E-state index in [0.29, 0.717) is 89.9 Å². The van der Waals surface area contributed by atoms with E-state index in [1.807, 2.05) is 39.0 Å². The van der Waals surface area contributed by atoms with Gasteiger partial charge in [-0.15, -0.1) is 0 Å². The summed E-state index contributed by atoms with van der Waals surface area (Å²) in [6.07, 6.45) is 12.7. The van der Waals surface area contributed by atoms with Gasteiger partial charge in [-0.1, -0.05) is 0 Å². The second-order valence-electron chi connectivity index (χ2n) is 24.5. The molecule has 576 valence electrons. The highest BCUT2D eigenvalue weighted by atomic mass is 19.1. The Labute approximate surface area is 632 Å². The third-order valence-corrected chi connectivity index (χ3v) is 17.5. The van der Waals surface area contributed by atoms with Gasteiger partial charge in [0.1, 0.15) is 23.1 Å². The zero-order valence-corrected chi connectivity index (χ0v) is 61.4. The number of pyridine rings is 3. The summed E-state index contributed by atoms with van der Waals surface area (Å²) in [5.41, 5.74) is 11.9. The van der Waals surface area contributed by atoms with E-state index in [9.17, 15) is 41.9 Å². The topological polar surface area (TPSA) is 360 Å². The van der Waals surface area contributed by atoms with Gasteiger partial charge < -0.3 is 87.2 Å². The zero-order valence-electron chi connectivity index (χ0n) is 61.4. The van der Waals surface area contributed by atoms with Crippen molar-refractivity contribution >= 4 is 87.3 Å². The second kappa shape index (κ2) is 36.7. The predicted octanol–water partition coefficient (Wildman–Crippen LogP) is 13.0. The van der Waals surface area contributed by atoms with Crippen LogP contribution in [0.4, 0.5) is 13.2 Å². The van der Waals surface area contributed by atoms with Crippen molar-refractivity contribution in [1.29, 1.82) is 0 Å². The maximum atomic E-state index is 14.2. The summed E-state index contributed by atoms with van der Waals surface area (Å²) in [4.78, 5) is 83.2. The number of nitrogens with one attached hydrogen (secondary N) is 3. The highest BCUT2D eigenvalue weighted by Gasteiger charge is 2.32. The van der Waals surface area contributed by atoms with Crippen molar-refractivity contribution in [1.82, 2.24) is 30.9 Å². The molecular weight excluding hydrogens is 1450 g/mol. The number of carboxylic acid groups (broad SMARTS) is 3. The van der Waals surface area contributed by atoms with Crippen LogP contribution in [0.1, 0.15) is 108 Å². The average molecular weight is 1530 g/mol. The maximum absolute atomic E-state index is 14.2. The van der Waals surface area contributed by atoms with Gasteiger partial charge in [-0.2, -0.15) is 8.78 Å². The molecule has 6 N–H and O–H groups in total. The fraction of sp³-hybridized carbons (Fsp3) is 0.222. The van der Waals surface area contributed by atoms with E-state index in [1.54, 1.807) is 78.9 Å². The lowest BCUT2D eigenvalue weighted by Crippen LogP contribution is -2.22. The summed E-state index contributed by atoms with van der Waals surface area (Å²) in [5.74, 6) is -1.96. The third-order valence-electron chi connectivity index (χ3n) is 17.5. The van der Waals surface area contributed by atoms with E-state index in [4.69, 9.17) is 71.2 Å². The first-order valence-electron chi connectivity index (χ1n) is 33.9. The number of carbonyl (C=O) groups excluding carboxylic acids is 3. The second-order valence-corrected chi connectivity index (χ2v) is 24.5. The normalized spacial score (nSPS) is 13.5. The molecule has 3 aliphatic carbocycles. The molecule has 0 bridgehead atoms. The number of benzene rings is 3. The number of rotatable bonds is 30. The summed E-state index contributed by atoms with van der Waals surface area (Å²) in [5, 5.41) is 35.3. The SMILES string of the molecule is COc1cc(/C=C2/C(C)=C(CC(=O)NCc3ccco3)c3cc(F)cnc32)cc(OC)c1OCC(=O)O.COc1cc(/C=C2/C(C)=C(CC(=O)NCc3ccco3)c3cc(F)ncc32)cc(OC)c1OCC(=O)O.COc1cc(/C=C2/C(C)=C(CC(=O)NCc3ccco3)c3nc(F)ccc32)cc(OC)c1OCC(=O)O. The number of aromatic nitrogens is 3. The van der Waals surface area contributed by atoms with Gasteiger partial charge in [0.05, 0.1) is 118 Å². The minimum Gasteiger partial charge on any atom is -0.493 e. The lowest BCUT2D eigenvalue weighted by atomic mass is 10.0. The van der Waals surface area contributed by atoms with E-state index >= 15 is 0 Å². The van der Waals surface area contributed by atoms with Crippen molar-refractivity contribution in [2.24, 2.45) is 0 Å². The number of aliphatic carboxylic acids is 3. The molecule has 6 aromatic heterocycles. The lowest BCUT2D eigenvalue weighted by Gasteiger charge is -2.15. The number of methoxy groups -OCH3 is 6. The molecule has 30 heteroatoms. The molecule has 0 radical (unpaired) electrons. The molecule has 9 aromatic rings. The molecule has 27 nitrogen and oxygen atoms in total. The lowest BCUT2D eigenvalue weighted by molar-refractivity contribution is -0.140. The summed E-state index contributed by atoms with van der Waals surface area (Å²) in [6, 6.07) is 26.1. The molecule has 3 aromatic carbocycles. The van der Waals surface area contributed by atoms with Crippen molar-refractivity contribution in [3.63, 3.8) is 0 Å². The summed E-state index contributed by atoms with van der Waals surface area (Å²) in [6.45, 7) is 4.58. The molecule has 0 aliphatic heterocycles. The molecule has 6 heterocycles. The standard InChI is InChI=1S/3C27H25FN2O7/c1-15-19(9-16-10-21(34-2)27(22(11-16)35-3)37-14-25(32)33)18-6-7-23(28)30-26(18)20(15)12-24(31)29-13-17-5-4-8-36-17;1-15-19(11-24(31)29-13-18-5-4-6-36-18)21-10-17(28)12-30-26(21)20(15)7-16-8-22(34-2)27(23(9-16)35-3)37-14-25(32)33;1-15-18(7-16-8-22(34-2)27(23(9-16)35-3)37-14-26(32)33)21-13-29-24(28)10-20(21)19(15)11-25(31)30-12-17-5-4-6-36-17/h4-11H,12-14H2,1-3H3,(H,29,31)(H,32,33);4-10,12H,11,13-14H2,1-3H3,(H,29,31)(H,32,33);4-10,13H,11-12,14H2,1-3H3,(H,30,31)(H,32,33)/b19-9-;20-7-;18-7-. The molecule has 0 atom stereocenters. The quantitative estimate of drug-likeness (QED) is 0.0228. The molecule has 0 fully saturated rings. The monoisotopic (exact) mass is 1520 g/mol. The van der Waals surface area contributed by atoms with E-state index in [0.717, 1.165) is 34.1 Å². The van der Waals surface area contributed by atoms with Crippen LogP contribution < -0.4 is 58.6 Å². The maximum Gasteiger partial charge on any atom is 0.341 e. The van der Waals surface area contributed by atoms with Crippen molar-refractivity contribution < 1.29 is 113 Å². The number of carbonyl (C=O) groups is 6. The van der Waals surface area contributed by atoms with Crippen molar-refractivity contribution in [2.75, 3.05) is 62.5 Å². The first-order valence-corrected chi connectivity index (χ1v) is 33.9. The van der Waals surface area contributed by atoms with Crippen LogP contribution in [0.5, 0.6) is 51.7 Å². The fourth-order valence-corrected chi connectivity index (χ4v) is 12.3. The summed E-state index contributed by atoms with van der Waals surface area (Å²) < 4.78 is 107. The highest BCUT2D eigenvalue weighted by Crippen LogP contribution is 2.49. The number of carboxylic acids is 3. The smallest absolute Gasteiger partial charge is 0.341 e. The Morgan fingerprint density at radius 2 is 0.784 bits per heavy atom. The number of allylic oxidation sites excluding steroid dienone is 6. The first kappa shape index (κ1) is 79.8. The van der Waals surface area contributed by atoms with Crippen LogP contribution in [0.3, 0.4) is 0 Å². The van der Waals surface area contributed by atoms with E-state index < -0.39 is 55.4 Å². The van der Waals surface area contributed by atoms with Gasteiger partial charge in [0, 0.05) is 34.5 Å². The number of fused-ring (bicyclic) bond motifs is 3. The average Bonchev–Trinajstić information content (AvgIpc) is 1.63. The van der Waals surface area contributed by atoms with E-state index in [-0.39, 0.29) is 108 Å². The minimum absolute atomic E-state index is 0.00193. The first-order chi connectivity index (χ1) is 53.4. The fourth-order valence-electron chi connectivity index (χ4n) is 12.3. The van der Waals surface area contributed by atoms with Crippen molar-refractivity contribution in [3.05, 3.63) is 230 Å². The number of ether oxygens (including phenoxy) is 9. The van der Waals surface area contributed by atoms with Gasteiger partial charge in [0.15, 0.2) is 54.3 Å². The van der Waals surface area contributed by atoms with Gasteiger partial charge in [-0.3, -0.25) is 19.4 Å². The van der Waals surface area contributed by atoms with Crippen LogP contribution in [0, 0.1) is 17.7 Å². The molecule has 0 saturated heterocycles. The molecule has 0 unspecified atom stereocenters. The molecule has 0 saturated carbocycles. The molecule has 111 heavy (non-hydrogen) atoms. The Morgan fingerprint density at radius 3 is 1.17 bits per heavy atom. The zero-order chi connectivity index (χ0) is 79.6. The van der Waals surface area contributed by atoms with E-state index in [1.165, 1.54) is 85.8 Å². The molecule has 3 amide bonds. The number of furan rings is 3. The number of halogens is 3. The number of hydrogen-bond acceptors (Lipinski definition) is 21. The molecular formula is C81H75F3N6O21.